The van der Waals surface area contributed by atoms with E-state index in [4.69, 9.17) is 0 Å². The van der Waals surface area contributed by atoms with Gasteiger partial charge in [0.25, 0.3) is 0 Å². The number of anilines is 1. The van der Waals surface area contributed by atoms with Crippen LogP contribution in [0.1, 0.15) is 15.9 Å². The van der Waals surface area contributed by atoms with Crippen LogP contribution in [0.25, 0.3) is 6.08 Å². The summed E-state index contributed by atoms with van der Waals surface area (Å²) in [7, 11) is 1.08. The van der Waals surface area contributed by atoms with Crippen LogP contribution in [-0.4, -0.2) is 19.0 Å². The van der Waals surface area contributed by atoms with Crippen molar-refractivity contribution in [3.8, 4) is 0 Å². The number of esters is 1. The van der Waals surface area contributed by atoms with Gasteiger partial charge in [0, 0.05) is 12.1 Å². The topological polar surface area (TPSA) is 55.4 Å². The first-order valence-corrected chi connectivity index (χ1v) is 7.04. The summed E-state index contributed by atoms with van der Waals surface area (Å²) in [5.74, 6) is -3.60. The maximum absolute atomic E-state index is 13.6. The second kappa shape index (κ2) is 6.95. The van der Waals surface area contributed by atoms with E-state index in [1.165, 1.54) is 17.4 Å². The number of thiophene rings is 1. The van der Waals surface area contributed by atoms with E-state index in [-0.39, 0.29) is 5.69 Å². The van der Waals surface area contributed by atoms with Crippen molar-refractivity contribution in [1.82, 2.24) is 0 Å². The monoisotopic (exact) mass is 323 g/mol. The summed E-state index contributed by atoms with van der Waals surface area (Å²) in [5, 5.41) is 5.93. The van der Waals surface area contributed by atoms with Crippen molar-refractivity contribution < 1.29 is 23.1 Å². The summed E-state index contributed by atoms with van der Waals surface area (Å²) in [4.78, 5) is 23.1. The summed E-state index contributed by atoms with van der Waals surface area (Å²) < 4.78 is 31.5. The van der Waals surface area contributed by atoms with Crippen LogP contribution >= 0.6 is 11.3 Å². The van der Waals surface area contributed by atoms with Gasteiger partial charge in [0.1, 0.15) is 11.6 Å². The van der Waals surface area contributed by atoms with Gasteiger partial charge in [-0.05, 0) is 34.5 Å². The second-order valence-corrected chi connectivity index (χ2v) is 4.96. The molecule has 0 bridgehead atoms. The molecule has 0 aliphatic heterocycles. The minimum absolute atomic E-state index is 0.304. The number of nitrogens with one attached hydrogen (secondary N) is 1. The second-order valence-electron chi connectivity index (χ2n) is 4.18. The Morgan fingerprint density at radius 3 is 2.68 bits per heavy atom. The lowest BCUT2D eigenvalue weighted by molar-refractivity contribution is -0.111. The fourth-order valence-electron chi connectivity index (χ4n) is 1.63. The first kappa shape index (κ1) is 15.8. The Hall–Kier alpha value is -2.54. The number of hydrogen-bond donors (Lipinski definition) is 1. The molecule has 0 atom stereocenters. The highest BCUT2D eigenvalue weighted by molar-refractivity contribution is 7.08. The summed E-state index contributed by atoms with van der Waals surface area (Å²) in [5.41, 5.74) is 0.0674. The zero-order chi connectivity index (χ0) is 16.1. The molecule has 7 heteroatoms. The molecular formula is C15H11F2NO3S. The van der Waals surface area contributed by atoms with Gasteiger partial charge in [0.15, 0.2) is 0 Å². The molecule has 0 aliphatic carbocycles. The normalized spacial score (nSPS) is 10.7. The molecule has 4 nitrogen and oxygen atoms in total. The number of hydrogen-bond acceptors (Lipinski definition) is 4. The molecule has 114 valence electrons. The third-order valence-electron chi connectivity index (χ3n) is 2.69. The molecule has 1 aromatic heterocycles. The Morgan fingerprint density at radius 1 is 1.27 bits per heavy atom. The molecule has 2 aromatic rings. The number of methoxy groups -OCH3 is 1. The van der Waals surface area contributed by atoms with Crippen LogP contribution in [0, 0.1) is 11.6 Å². The minimum Gasteiger partial charge on any atom is -0.465 e. The van der Waals surface area contributed by atoms with Crippen LogP contribution in [0.2, 0.25) is 0 Å². The zero-order valence-electron chi connectivity index (χ0n) is 11.4. The molecule has 0 aliphatic rings. The summed E-state index contributed by atoms with van der Waals surface area (Å²) in [6, 6.07) is 3.22. The van der Waals surface area contributed by atoms with E-state index in [0.717, 1.165) is 18.7 Å². The molecule has 0 fully saturated rings. The zero-order valence-corrected chi connectivity index (χ0v) is 12.2. The highest BCUT2D eigenvalue weighted by Gasteiger charge is 2.17. The van der Waals surface area contributed by atoms with Gasteiger partial charge in [-0.15, -0.1) is 0 Å². The van der Waals surface area contributed by atoms with Gasteiger partial charge in [0.05, 0.1) is 18.4 Å². The summed E-state index contributed by atoms with van der Waals surface area (Å²) >= 11 is 1.47. The van der Waals surface area contributed by atoms with Crippen molar-refractivity contribution in [1.29, 1.82) is 0 Å². The first-order chi connectivity index (χ1) is 10.5. The third-order valence-corrected chi connectivity index (χ3v) is 3.39. The Morgan fingerprint density at radius 2 is 2.05 bits per heavy atom. The Balaban J connectivity index is 2.18. The summed E-state index contributed by atoms with van der Waals surface area (Å²) in [6.07, 6.45) is 2.76. The van der Waals surface area contributed by atoms with Crippen molar-refractivity contribution in [2.45, 2.75) is 0 Å². The highest BCUT2D eigenvalue weighted by Crippen LogP contribution is 2.20. The highest BCUT2D eigenvalue weighted by atomic mass is 32.1. The number of rotatable bonds is 4. The van der Waals surface area contributed by atoms with E-state index < -0.39 is 29.1 Å². The Labute approximate surface area is 129 Å². The van der Waals surface area contributed by atoms with E-state index in [0.29, 0.717) is 6.07 Å². The SMILES string of the molecule is COC(=O)c1cc(NC(=O)/C=C/c2ccsc2)c(F)cc1F. The van der Waals surface area contributed by atoms with E-state index in [1.54, 1.807) is 6.08 Å². The van der Waals surface area contributed by atoms with Crippen LogP contribution in [-0.2, 0) is 9.53 Å². The molecule has 0 spiro atoms. The molecule has 1 heterocycles. The van der Waals surface area contributed by atoms with E-state index >= 15 is 0 Å². The quantitative estimate of drug-likeness (QED) is 0.692. The predicted molar refractivity (Wildman–Crippen MR) is 79.7 cm³/mol. The fraction of sp³-hybridized carbons (Fsp3) is 0.0667. The third kappa shape index (κ3) is 3.76. The van der Waals surface area contributed by atoms with Gasteiger partial charge in [-0.1, -0.05) is 0 Å². The molecule has 0 saturated carbocycles. The van der Waals surface area contributed by atoms with E-state index in [2.05, 4.69) is 10.1 Å². The van der Waals surface area contributed by atoms with Crippen molar-refractivity contribution in [3.05, 3.63) is 57.8 Å². The van der Waals surface area contributed by atoms with Gasteiger partial charge in [-0.3, -0.25) is 4.79 Å². The van der Waals surface area contributed by atoms with Gasteiger partial charge >= 0.3 is 5.97 Å². The van der Waals surface area contributed by atoms with Crippen LogP contribution in [0.15, 0.2) is 35.0 Å². The average molecular weight is 323 g/mol. The lowest BCUT2D eigenvalue weighted by atomic mass is 10.1. The van der Waals surface area contributed by atoms with E-state index in [1.807, 2.05) is 16.8 Å². The molecule has 1 aromatic carbocycles. The standard InChI is InChI=1S/C15H11F2NO3S/c1-21-15(20)10-6-13(12(17)7-11(10)16)18-14(19)3-2-9-4-5-22-8-9/h2-8H,1H3,(H,18,19)/b3-2+. The molecule has 1 N–H and O–H groups in total. The van der Waals surface area contributed by atoms with Crippen molar-refractivity contribution in [2.75, 3.05) is 12.4 Å². The van der Waals surface area contributed by atoms with Crippen molar-refractivity contribution in [3.63, 3.8) is 0 Å². The lowest BCUT2D eigenvalue weighted by Crippen LogP contribution is -2.12. The molecule has 1 amide bonds. The first-order valence-electron chi connectivity index (χ1n) is 6.10. The number of benzene rings is 1. The number of carbonyl (C=O) groups is 2. The largest absolute Gasteiger partial charge is 0.465 e. The van der Waals surface area contributed by atoms with E-state index in [9.17, 15) is 18.4 Å². The van der Waals surface area contributed by atoms with Crippen LogP contribution < -0.4 is 5.32 Å². The maximum atomic E-state index is 13.6. The molecule has 0 saturated heterocycles. The Kier molecular flexibility index (Phi) is 5.00. The number of halogens is 2. The Bertz CT molecular complexity index is 727. The molecule has 2 rings (SSSR count). The van der Waals surface area contributed by atoms with Gasteiger partial charge in [0.2, 0.25) is 5.91 Å². The molecule has 0 radical (unpaired) electrons. The maximum Gasteiger partial charge on any atom is 0.340 e. The smallest absolute Gasteiger partial charge is 0.340 e. The molecule has 0 unspecified atom stereocenters. The number of carbonyl (C=O) groups excluding carboxylic acids is 2. The van der Waals surface area contributed by atoms with Gasteiger partial charge in [-0.2, -0.15) is 11.3 Å². The minimum atomic E-state index is -1.06. The number of ether oxygens (including phenoxy) is 1. The average Bonchev–Trinajstić information content (AvgIpc) is 3.00. The summed E-state index contributed by atoms with van der Waals surface area (Å²) in [6.45, 7) is 0. The van der Waals surface area contributed by atoms with Crippen molar-refractivity contribution >= 4 is 35.0 Å². The van der Waals surface area contributed by atoms with Crippen LogP contribution in [0.4, 0.5) is 14.5 Å². The number of amides is 1. The molecular weight excluding hydrogens is 312 g/mol. The molecule has 22 heavy (non-hydrogen) atoms. The van der Waals surface area contributed by atoms with Crippen LogP contribution in [0.5, 0.6) is 0 Å². The van der Waals surface area contributed by atoms with Gasteiger partial charge < -0.3 is 10.1 Å². The van der Waals surface area contributed by atoms with Gasteiger partial charge in [-0.25, -0.2) is 13.6 Å². The van der Waals surface area contributed by atoms with Crippen molar-refractivity contribution in [2.24, 2.45) is 0 Å². The lowest BCUT2D eigenvalue weighted by Gasteiger charge is -2.07. The van der Waals surface area contributed by atoms with Crippen LogP contribution in [0.3, 0.4) is 0 Å². The fourth-order valence-corrected chi connectivity index (χ4v) is 2.26. The predicted octanol–water partition coefficient (Wildman–Crippen LogP) is 3.46.